The van der Waals surface area contributed by atoms with E-state index in [9.17, 15) is 9.59 Å². The molecule has 0 aliphatic heterocycles. The first-order chi connectivity index (χ1) is 6.52. The Bertz CT molecular complexity index is 228. The number of hydrogen-bond donors (Lipinski definition) is 1. The van der Waals surface area contributed by atoms with Crippen molar-refractivity contribution in [2.24, 2.45) is 0 Å². The monoisotopic (exact) mass is 200 g/mol. The zero-order chi connectivity index (χ0) is 11.1. The van der Waals surface area contributed by atoms with Gasteiger partial charge in [-0.1, -0.05) is 6.08 Å². The third-order valence-corrected chi connectivity index (χ3v) is 1.71. The summed E-state index contributed by atoms with van der Waals surface area (Å²) in [5.41, 5.74) is 0. The average Bonchev–Trinajstić information content (AvgIpc) is 2.13. The lowest BCUT2D eigenvalue weighted by atomic mass is 10.5. The smallest absolute Gasteiger partial charge is 0.323 e. The average molecular weight is 200 g/mol. The van der Waals surface area contributed by atoms with E-state index < -0.39 is 5.97 Å². The van der Waals surface area contributed by atoms with Crippen LogP contribution in [0, 0.1) is 0 Å². The fraction of sp³-hybridized carbons (Fsp3) is 0.556. The summed E-state index contributed by atoms with van der Waals surface area (Å²) >= 11 is 0. The lowest BCUT2D eigenvalue weighted by Gasteiger charge is -2.24. The quantitative estimate of drug-likeness (QED) is 0.662. The molecule has 1 N–H and O–H groups in total. The fourth-order valence-corrected chi connectivity index (χ4v) is 0.991. The van der Waals surface area contributed by atoms with Gasteiger partial charge in [0, 0.05) is 20.1 Å². The van der Waals surface area contributed by atoms with Crippen LogP contribution in [0.25, 0.3) is 0 Å². The van der Waals surface area contributed by atoms with Gasteiger partial charge in [0.2, 0.25) is 0 Å². The van der Waals surface area contributed by atoms with Crippen molar-refractivity contribution in [2.75, 3.05) is 26.7 Å². The van der Waals surface area contributed by atoms with Crippen molar-refractivity contribution in [2.45, 2.75) is 6.92 Å². The number of hydrogen-bond acceptors (Lipinski definition) is 2. The zero-order valence-electron chi connectivity index (χ0n) is 8.56. The number of nitrogens with zero attached hydrogens (tertiary/aromatic N) is 2. The van der Waals surface area contributed by atoms with Gasteiger partial charge in [-0.15, -0.1) is 6.58 Å². The Hall–Kier alpha value is -1.52. The molecule has 0 unspecified atom stereocenters. The van der Waals surface area contributed by atoms with Gasteiger partial charge in [-0.25, -0.2) is 4.79 Å². The van der Waals surface area contributed by atoms with E-state index in [2.05, 4.69) is 6.58 Å². The minimum Gasteiger partial charge on any atom is -0.480 e. The third kappa shape index (κ3) is 3.93. The Kier molecular flexibility index (Phi) is 5.36. The Balaban J connectivity index is 4.29. The maximum Gasteiger partial charge on any atom is 0.323 e. The molecule has 0 atom stereocenters. The van der Waals surface area contributed by atoms with Crippen LogP contribution in [0.3, 0.4) is 0 Å². The van der Waals surface area contributed by atoms with Crippen LogP contribution in [0.4, 0.5) is 4.79 Å². The SMILES string of the molecule is C=CCN(C)C(=O)N(CC)CC(=O)O. The van der Waals surface area contributed by atoms with Crippen LogP contribution >= 0.6 is 0 Å². The zero-order valence-corrected chi connectivity index (χ0v) is 8.56. The highest BCUT2D eigenvalue weighted by Gasteiger charge is 2.17. The van der Waals surface area contributed by atoms with Gasteiger partial charge >= 0.3 is 12.0 Å². The summed E-state index contributed by atoms with van der Waals surface area (Å²) in [4.78, 5) is 24.6. The Morgan fingerprint density at radius 1 is 1.50 bits per heavy atom. The molecule has 0 heterocycles. The van der Waals surface area contributed by atoms with Crippen molar-refractivity contribution in [3.8, 4) is 0 Å². The summed E-state index contributed by atoms with van der Waals surface area (Å²) in [5, 5.41) is 8.54. The molecule has 5 nitrogen and oxygen atoms in total. The van der Waals surface area contributed by atoms with Gasteiger partial charge in [0.25, 0.3) is 0 Å². The molecule has 0 aromatic carbocycles. The molecule has 0 spiro atoms. The molecule has 0 rings (SSSR count). The van der Waals surface area contributed by atoms with Crippen molar-refractivity contribution in [3.63, 3.8) is 0 Å². The number of carboxylic acids is 1. The minimum absolute atomic E-state index is 0.267. The first kappa shape index (κ1) is 12.5. The summed E-state index contributed by atoms with van der Waals surface area (Å²) in [6.45, 7) is 5.77. The molecule has 0 saturated carbocycles. The predicted molar refractivity (Wildman–Crippen MR) is 53.1 cm³/mol. The molecule has 5 heteroatoms. The Morgan fingerprint density at radius 3 is 2.43 bits per heavy atom. The second-order valence-electron chi connectivity index (χ2n) is 2.86. The highest BCUT2D eigenvalue weighted by atomic mass is 16.4. The van der Waals surface area contributed by atoms with Crippen LogP contribution in [0.1, 0.15) is 6.92 Å². The standard InChI is InChI=1S/C9H16N2O3/c1-4-6-10(3)9(14)11(5-2)7-8(12)13/h4H,1,5-7H2,2-3H3,(H,12,13). The largest absolute Gasteiger partial charge is 0.480 e. The van der Waals surface area contributed by atoms with E-state index in [1.807, 2.05) is 0 Å². The van der Waals surface area contributed by atoms with Crippen LogP contribution < -0.4 is 0 Å². The van der Waals surface area contributed by atoms with E-state index in [1.54, 1.807) is 20.0 Å². The molecule has 0 aromatic heterocycles. The van der Waals surface area contributed by atoms with E-state index in [1.165, 1.54) is 9.80 Å². The fourth-order valence-electron chi connectivity index (χ4n) is 0.991. The van der Waals surface area contributed by atoms with Gasteiger partial charge in [-0.2, -0.15) is 0 Å². The molecule has 2 amide bonds. The van der Waals surface area contributed by atoms with E-state index >= 15 is 0 Å². The van der Waals surface area contributed by atoms with Crippen molar-refractivity contribution in [1.29, 1.82) is 0 Å². The van der Waals surface area contributed by atoms with Crippen LogP contribution in [0.5, 0.6) is 0 Å². The molecule has 0 radical (unpaired) electrons. The molecule has 0 saturated heterocycles. The molecule has 14 heavy (non-hydrogen) atoms. The molecule has 80 valence electrons. The lowest BCUT2D eigenvalue weighted by molar-refractivity contribution is -0.137. The molecule has 0 bridgehead atoms. The van der Waals surface area contributed by atoms with Gasteiger partial charge < -0.3 is 14.9 Å². The number of rotatable bonds is 5. The first-order valence-corrected chi connectivity index (χ1v) is 4.35. The maximum absolute atomic E-state index is 11.5. The summed E-state index contributed by atoms with van der Waals surface area (Å²) in [5.74, 6) is -1.01. The second-order valence-corrected chi connectivity index (χ2v) is 2.86. The van der Waals surface area contributed by atoms with Crippen molar-refractivity contribution < 1.29 is 14.7 Å². The van der Waals surface area contributed by atoms with Gasteiger partial charge in [-0.05, 0) is 6.92 Å². The summed E-state index contributed by atoms with van der Waals surface area (Å²) in [7, 11) is 1.61. The van der Waals surface area contributed by atoms with E-state index in [0.29, 0.717) is 13.1 Å². The third-order valence-electron chi connectivity index (χ3n) is 1.71. The van der Waals surface area contributed by atoms with Crippen LogP contribution in [0.2, 0.25) is 0 Å². The summed E-state index contributed by atoms with van der Waals surface area (Å²) in [6.07, 6.45) is 1.59. The number of carboxylic acid groups (broad SMARTS) is 1. The summed E-state index contributed by atoms with van der Waals surface area (Å²) < 4.78 is 0. The number of urea groups is 1. The maximum atomic E-state index is 11.5. The highest BCUT2D eigenvalue weighted by Crippen LogP contribution is 1.96. The number of carbonyl (C=O) groups excluding carboxylic acids is 1. The molecule has 0 aliphatic carbocycles. The molecule has 0 aromatic rings. The number of aliphatic carboxylic acids is 1. The van der Waals surface area contributed by atoms with Gasteiger partial charge in [-0.3, -0.25) is 4.79 Å². The van der Waals surface area contributed by atoms with E-state index in [0.717, 1.165) is 0 Å². The van der Waals surface area contributed by atoms with E-state index in [-0.39, 0.29) is 12.6 Å². The van der Waals surface area contributed by atoms with Crippen molar-refractivity contribution in [3.05, 3.63) is 12.7 Å². The van der Waals surface area contributed by atoms with Crippen molar-refractivity contribution >= 4 is 12.0 Å². The lowest BCUT2D eigenvalue weighted by Crippen LogP contribution is -2.43. The highest BCUT2D eigenvalue weighted by molar-refractivity contribution is 5.80. The van der Waals surface area contributed by atoms with Crippen molar-refractivity contribution in [1.82, 2.24) is 9.80 Å². The predicted octanol–water partition coefficient (Wildman–Crippen LogP) is 0.631. The molecule has 0 aliphatic rings. The molecular formula is C9H16N2O3. The normalized spacial score (nSPS) is 9.29. The molecular weight excluding hydrogens is 184 g/mol. The van der Waals surface area contributed by atoms with Gasteiger partial charge in [0.05, 0.1) is 0 Å². The molecule has 0 fully saturated rings. The van der Waals surface area contributed by atoms with Crippen LogP contribution in [0.15, 0.2) is 12.7 Å². The minimum atomic E-state index is -1.01. The van der Waals surface area contributed by atoms with Gasteiger partial charge in [0.1, 0.15) is 6.54 Å². The van der Waals surface area contributed by atoms with Crippen LogP contribution in [-0.2, 0) is 4.79 Å². The van der Waals surface area contributed by atoms with E-state index in [4.69, 9.17) is 5.11 Å². The van der Waals surface area contributed by atoms with Gasteiger partial charge in [0.15, 0.2) is 0 Å². The summed E-state index contributed by atoms with van der Waals surface area (Å²) in [6, 6.07) is -0.296. The Labute approximate surface area is 83.6 Å². The second kappa shape index (κ2) is 6.01. The Morgan fingerprint density at radius 2 is 2.07 bits per heavy atom. The first-order valence-electron chi connectivity index (χ1n) is 4.35. The van der Waals surface area contributed by atoms with Crippen LogP contribution in [-0.4, -0.2) is 53.6 Å². The number of carbonyl (C=O) groups is 2. The topological polar surface area (TPSA) is 60.9 Å². The number of amides is 2. The number of likely N-dealkylation sites (N-methyl/N-ethyl adjacent to an activating group) is 2.